The highest BCUT2D eigenvalue weighted by Gasteiger charge is 2.09. The van der Waals surface area contributed by atoms with Crippen molar-refractivity contribution in [1.29, 1.82) is 0 Å². The van der Waals surface area contributed by atoms with Gasteiger partial charge in [0.1, 0.15) is 5.82 Å². The van der Waals surface area contributed by atoms with E-state index in [1.165, 1.54) is 7.05 Å². The number of rotatable bonds is 1. The first-order valence-corrected chi connectivity index (χ1v) is 4.79. The van der Waals surface area contributed by atoms with E-state index in [0.29, 0.717) is 15.7 Å². The third-order valence-electron chi connectivity index (χ3n) is 1.81. The Labute approximate surface area is 89.8 Å². The van der Waals surface area contributed by atoms with Gasteiger partial charge in [-0.15, -0.1) is 0 Å². The maximum absolute atomic E-state index is 13.3. The number of halogens is 2. The van der Waals surface area contributed by atoms with Crippen LogP contribution in [-0.4, -0.2) is 13.1 Å². The summed E-state index contributed by atoms with van der Waals surface area (Å²) in [5.74, 6) is -0.362. The lowest BCUT2D eigenvalue weighted by molar-refractivity contribution is 0.254. The monoisotopic (exact) mass is 260 g/mol. The Kier molecular flexibility index (Phi) is 3.46. The van der Waals surface area contributed by atoms with E-state index in [0.717, 1.165) is 0 Å². The molecule has 76 valence electrons. The van der Waals surface area contributed by atoms with E-state index in [2.05, 4.69) is 26.6 Å². The predicted octanol–water partition coefficient (Wildman–Crippen LogP) is 2.65. The second-order valence-corrected chi connectivity index (χ2v) is 3.59. The minimum atomic E-state index is -0.366. The lowest BCUT2D eigenvalue weighted by Crippen LogP contribution is -2.25. The van der Waals surface area contributed by atoms with Crippen molar-refractivity contribution in [3.05, 3.63) is 28.0 Å². The first-order valence-electron chi connectivity index (χ1n) is 3.99. The van der Waals surface area contributed by atoms with E-state index in [1.54, 1.807) is 19.1 Å². The van der Waals surface area contributed by atoms with Gasteiger partial charge in [0, 0.05) is 18.3 Å². The molecule has 2 N–H and O–H groups in total. The average molecular weight is 261 g/mol. The molecule has 5 heteroatoms. The van der Waals surface area contributed by atoms with Crippen molar-refractivity contribution in [2.75, 3.05) is 12.4 Å². The lowest BCUT2D eigenvalue weighted by atomic mass is 10.2. The molecule has 1 aromatic rings. The van der Waals surface area contributed by atoms with Crippen molar-refractivity contribution >= 4 is 27.6 Å². The maximum Gasteiger partial charge on any atom is 0.318 e. The van der Waals surface area contributed by atoms with Gasteiger partial charge in [-0.05, 0) is 35.0 Å². The third-order valence-corrected chi connectivity index (χ3v) is 2.43. The molecule has 0 bridgehead atoms. The molecule has 0 aromatic heterocycles. The van der Waals surface area contributed by atoms with E-state index in [9.17, 15) is 9.18 Å². The molecule has 0 unspecified atom stereocenters. The number of carbonyl (C=O) groups is 1. The standard InChI is InChI=1S/C9H10BrFN2O/c1-5-7(13-9(14)12-2)4-3-6(10)8(5)11/h3-4H,1-2H3,(H2,12,13,14). The fraction of sp³-hybridized carbons (Fsp3) is 0.222. The van der Waals surface area contributed by atoms with Gasteiger partial charge in [-0.25, -0.2) is 9.18 Å². The number of hydrogen-bond acceptors (Lipinski definition) is 1. The van der Waals surface area contributed by atoms with Crippen LogP contribution in [0, 0.1) is 12.7 Å². The minimum absolute atomic E-state index is 0.362. The second-order valence-electron chi connectivity index (χ2n) is 2.74. The summed E-state index contributed by atoms with van der Waals surface area (Å²) in [4.78, 5) is 11.0. The molecule has 2 amide bonds. The highest BCUT2D eigenvalue weighted by Crippen LogP contribution is 2.24. The van der Waals surface area contributed by atoms with Gasteiger partial charge in [-0.1, -0.05) is 0 Å². The molecule has 1 aromatic carbocycles. The summed E-state index contributed by atoms with van der Waals surface area (Å²) < 4.78 is 13.7. The van der Waals surface area contributed by atoms with Crippen LogP contribution in [0.25, 0.3) is 0 Å². The Morgan fingerprint density at radius 3 is 2.71 bits per heavy atom. The molecule has 0 aliphatic carbocycles. The zero-order valence-electron chi connectivity index (χ0n) is 7.82. The van der Waals surface area contributed by atoms with E-state index in [1.807, 2.05) is 0 Å². The van der Waals surface area contributed by atoms with Crippen LogP contribution < -0.4 is 10.6 Å². The number of carbonyl (C=O) groups excluding carboxylic acids is 1. The molecule has 0 spiro atoms. The lowest BCUT2D eigenvalue weighted by Gasteiger charge is -2.09. The molecule has 3 nitrogen and oxygen atoms in total. The molecule has 0 aliphatic heterocycles. The molecule has 0 radical (unpaired) electrons. The van der Waals surface area contributed by atoms with Gasteiger partial charge in [0.25, 0.3) is 0 Å². The van der Waals surface area contributed by atoms with Crippen molar-refractivity contribution in [3.8, 4) is 0 Å². The molecule has 0 heterocycles. The van der Waals surface area contributed by atoms with Gasteiger partial charge < -0.3 is 10.6 Å². The molecular weight excluding hydrogens is 251 g/mol. The highest BCUT2D eigenvalue weighted by atomic mass is 79.9. The zero-order valence-corrected chi connectivity index (χ0v) is 9.40. The summed E-state index contributed by atoms with van der Waals surface area (Å²) in [6.45, 7) is 1.60. The molecule has 0 fully saturated rings. The number of benzene rings is 1. The molecule has 14 heavy (non-hydrogen) atoms. The smallest absolute Gasteiger partial charge is 0.318 e. The predicted molar refractivity (Wildman–Crippen MR) is 56.9 cm³/mol. The first kappa shape index (κ1) is 11.0. The van der Waals surface area contributed by atoms with Gasteiger partial charge in [-0.3, -0.25) is 0 Å². The summed E-state index contributed by atoms with van der Waals surface area (Å²) in [6, 6.07) is 2.82. The Morgan fingerprint density at radius 2 is 2.14 bits per heavy atom. The molecule has 0 saturated carbocycles. The summed E-state index contributed by atoms with van der Waals surface area (Å²) in [5.41, 5.74) is 0.869. The Morgan fingerprint density at radius 1 is 1.50 bits per heavy atom. The van der Waals surface area contributed by atoms with Gasteiger partial charge in [0.15, 0.2) is 0 Å². The van der Waals surface area contributed by atoms with Crippen LogP contribution in [0.1, 0.15) is 5.56 Å². The summed E-state index contributed by atoms with van der Waals surface area (Å²) in [6.07, 6.45) is 0. The van der Waals surface area contributed by atoms with Crippen molar-refractivity contribution in [1.82, 2.24) is 5.32 Å². The van der Waals surface area contributed by atoms with Crippen LogP contribution in [0.15, 0.2) is 16.6 Å². The van der Waals surface area contributed by atoms with E-state index in [-0.39, 0.29) is 11.8 Å². The van der Waals surface area contributed by atoms with Crippen LogP contribution in [0.2, 0.25) is 0 Å². The van der Waals surface area contributed by atoms with Crippen molar-refractivity contribution in [3.63, 3.8) is 0 Å². The fourth-order valence-electron chi connectivity index (χ4n) is 0.972. The Balaban J connectivity index is 3.00. The van der Waals surface area contributed by atoms with Crippen molar-refractivity contribution in [2.24, 2.45) is 0 Å². The molecule has 0 saturated heterocycles. The fourth-order valence-corrected chi connectivity index (χ4v) is 1.40. The summed E-state index contributed by atoms with van der Waals surface area (Å²) >= 11 is 3.06. The Bertz CT molecular complexity index is 368. The SMILES string of the molecule is CNC(=O)Nc1ccc(Br)c(F)c1C. The molecule has 0 atom stereocenters. The maximum atomic E-state index is 13.3. The van der Waals surface area contributed by atoms with Crippen LogP contribution in [-0.2, 0) is 0 Å². The number of amides is 2. The summed E-state index contributed by atoms with van der Waals surface area (Å²) in [7, 11) is 1.50. The number of hydrogen-bond donors (Lipinski definition) is 2. The normalized spacial score (nSPS) is 9.71. The van der Waals surface area contributed by atoms with E-state index < -0.39 is 0 Å². The van der Waals surface area contributed by atoms with Crippen molar-refractivity contribution in [2.45, 2.75) is 6.92 Å². The quantitative estimate of drug-likeness (QED) is 0.801. The first-order chi connectivity index (χ1) is 6.56. The van der Waals surface area contributed by atoms with Crippen LogP contribution in [0.5, 0.6) is 0 Å². The molecular formula is C9H10BrFN2O. The van der Waals surface area contributed by atoms with Gasteiger partial charge in [-0.2, -0.15) is 0 Å². The van der Waals surface area contributed by atoms with Crippen molar-refractivity contribution < 1.29 is 9.18 Å². The number of anilines is 1. The zero-order chi connectivity index (χ0) is 10.7. The van der Waals surface area contributed by atoms with Gasteiger partial charge in [0.2, 0.25) is 0 Å². The largest absolute Gasteiger partial charge is 0.341 e. The second kappa shape index (κ2) is 4.41. The Hall–Kier alpha value is -1.10. The summed E-state index contributed by atoms with van der Waals surface area (Å²) in [5, 5.41) is 4.91. The number of urea groups is 1. The molecule has 1 rings (SSSR count). The average Bonchev–Trinajstić information content (AvgIpc) is 2.19. The van der Waals surface area contributed by atoms with Gasteiger partial charge in [0.05, 0.1) is 4.47 Å². The highest BCUT2D eigenvalue weighted by molar-refractivity contribution is 9.10. The van der Waals surface area contributed by atoms with Crippen LogP contribution in [0.4, 0.5) is 14.9 Å². The van der Waals surface area contributed by atoms with Crippen LogP contribution >= 0.6 is 15.9 Å². The van der Waals surface area contributed by atoms with Gasteiger partial charge >= 0.3 is 6.03 Å². The van der Waals surface area contributed by atoms with Crippen LogP contribution in [0.3, 0.4) is 0 Å². The van der Waals surface area contributed by atoms with E-state index >= 15 is 0 Å². The third kappa shape index (κ3) is 2.23. The van der Waals surface area contributed by atoms with E-state index in [4.69, 9.17) is 0 Å². The minimum Gasteiger partial charge on any atom is -0.341 e. The molecule has 0 aliphatic rings. The topological polar surface area (TPSA) is 41.1 Å². The number of nitrogens with one attached hydrogen (secondary N) is 2.